The zero-order chi connectivity index (χ0) is 17.1. The minimum atomic E-state index is -0.277. The molecule has 0 aliphatic carbocycles. The predicted octanol–water partition coefficient (Wildman–Crippen LogP) is 4.05. The Morgan fingerprint density at radius 3 is 2.54 bits per heavy atom. The van der Waals surface area contributed by atoms with Crippen LogP contribution in [0, 0.1) is 0 Å². The van der Waals surface area contributed by atoms with Crippen molar-refractivity contribution >= 4 is 40.7 Å². The molecule has 0 radical (unpaired) electrons. The van der Waals surface area contributed by atoms with Gasteiger partial charge in [0, 0.05) is 30.2 Å². The molecule has 1 heterocycles. The van der Waals surface area contributed by atoms with Crippen LogP contribution >= 0.6 is 23.2 Å². The maximum atomic E-state index is 12.2. The number of hydrogen-bond donors (Lipinski definition) is 1. The van der Waals surface area contributed by atoms with E-state index in [1.54, 1.807) is 23.1 Å². The standard InChI is InChI=1S/C18H16Cl2N2O2/c19-13-5-8-16(20)15(10-13)18(24)21-11-12-3-6-14(7-4-12)22-9-1-2-17(22)23/h3-8,10H,1-2,9,11H2,(H,21,24). The van der Waals surface area contributed by atoms with Gasteiger partial charge in [0.25, 0.3) is 5.91 Å². The smallest absolute Gasteiger partial charge is 0.253 e. The van der Waals surface area contributed by atoms with Gasteiger partial charge in [-0.05, 0) is 42.3 Å². The van der Waals surface area contributed by atoms with Crippen molar-refractivity contribution in [2.24, 2.45) is 0 Å². The lowest BCUT2D eigenvalue weighted by molar-refractivity contribution is -0.117. The van der Waals surface area contributed by atoms with E-state index in [1.807, 2.05) is 24.3 Å². The Morgan fingerprint density at radius 2 is 1.88 bits per heavy atom. The normalized spacial score (nSPS) is 14.1. The molecule has 2 amide bonds. The van der Waals surface area contributed by atoms with Gasteiger partial charge in [0.05, 0.1) is 10.6 Å². The second kappa shape index (κ2) is 7.24. The van der Waals surface area contributed by atoms with Crippen LogP contribution in [0.2, 0.25) is 10.0 Å². The summed E-state index contributed by atoms with van der Waals surface area (Å²) in [6.07, 6.45) is 1.51. The van der Waals surface area contributed by atoms with Crippen LogP contribution in [0.1, 0.15) is 28.8 Å². The minimum absolute atomic E-state index is 0.159. The topological polar surface area (TPSA) is 49.4 Å². The Bertz CT molecular complexity index is 775. The Labute approximate surface area is 150 Å². The molecule has 2 aromatic carbocycles. The summed E-state index contributed by atoms with van der Waals surface area (Å²) in [6, 6.07) is 12.4. The van der Waals surface area contributed by atoms with E-state index in [-0.39, 0.29) is 11.8 Å². The molecule has 0 saturated carbocycles. The van der Waals surface area contributed by atoms with E-state index in [1.165, 1.54) is 0 Å². The number of nitrogens with one attached hydrogen (secondary N) is 1. The Hall–Kier alpha value is -2.04. The number of amides is 2. The molecular weight excluding hydrogens is 347 g/mol. The van der Waals surface area contributed by atoms with Gasteiger partial charge < -0.3 is 10.2 Å². The molecule has 0 bridgehead atoms. The molecule has 1 aliphatic rings. The van der Waals surface area contributed by atoms with Crippen molar-refractivity contribution in [3.63, 3.8) is 0 Å². The molecular formula is C18H16Cl2N2O2. The molecule has 0 spiro atoms. The van der Waals surface area contributed by atoms with Crippen molar-refractivity contribution in [3.05, 3.63) is 63.6 Å². The van der Waals surface area contributed by atoms with Crippen molar-refractivity contribution in [2.75, 3.05) is 11.4 Å². The summed E-state index contributed by atoms with van der Waals surface area (Å²) in [5.41, 5.74) is 2.19. The monoisotopic (exact) mass is 362 g/mol. The van der Waals surface area contributed by atoms with Crippen LogP contribution in [-0.4, -0.2) is 18.4 Å². The number of rotatable bonds is 4. The fourth-order valence-electron chi connectivity index (χ4n) is 2.66. The summed E-state index contributed by atoms with van der Waals surface area (Å²) in [5.74, 6) is -0.118. The Kier molecular flexibility index (Phi) is 5.07. The quantitative estimate of drug-likeness (QED) is 0.891. The number of halogens is 2. The number of benzene rings is 2. The summed E-state index contributed by atoms with van der Waals surface area (Å²) in [7, 11) is 0. The zero-order valence-electron chi connectivity index (χ0n) is 12.9. The molecule has 4 nitrogen and oxygen atoms in total. The van der Waals surface area contributed by atoms with Crippen LogP contribution in [0.5, 0.6) is 0 Å². The van der Waals surface area contributed by atoms with Gasteiger partial charge in [-0.1, -0.05) is 35.3 Å². The Morgan fingerprint density at radius 1 is 1.12 bits per heavy atom. The molecule has 6 heteroatoms. The lowest BCUT2D eigenvalue weighted by Gasteiger charge is -2.16. The van der Waals surface area contributed by atoms with Gasteiger partial charge in [-0.25, -0.2) is 0 Å². The van der Waals surface area contributed by atoms with Gasteiger partial charge in [0.15, 0.2) is 0 Å². The van der Waals surface area contributed by atoms with E-state index >= 15 is 0 Å². The minimum Gasteiger partial charge on any atom is -0.348 e. The van der Waals surface area contributed by atoms with Gasteiger partial charge in [-0.3, -0.25) is 9.59 Å². The number of carbonyl (C=O) groups excluding carboxylic acids is 2. The molecule has 1 aliphatic heterocycles. The number of carbonyl (C=O) groups is 2. The van der Waals surface area contributed by atoms with E-state index in [2.05, 4.69) is 5.32 Å². The lowest BCUT2D eigenvalue weighted by Crippen LogP contribution is -2.24. The summed E-state index contributed by atoms with van der Waals surface area (Å²) in [4.78, 5) is 25.7. The van der Waals surface area contributed by atoms with Crippen LogP contribution in [0.3, 0.4) is 0 Å². The summed E-state index contributed by atoms with van der Waals surface area (Å²) in [6.45, 7) is 1.14. The van der Waals surface area contributed by atoms with Crippen LogP contribution in [0.15, 0.2) is 42.5 Å². The second-order valence-corrected chi connectivity index (χ2v) is 6.47. The average Bonchev–Trinajstić information content (AvgIpc) is 3.01. The molecule has 2 aromatic rings. The maximum Gasteiger partial charge on any atom is 0.253 e. The van der Waals surface area contributed by atoms with Gasteiger partial charge in [-0.15, -0.1) is 0 Å². The zero-order valence-corrected chi connectivity index (χ0v) is 14.4. The average molecular weight is 363 g/mol. The molecule has 3 rings (SSSR count). The summed E-state index contributed by atoms with van der Waals surface area (Å²) in [5, 5.41) is 3.64. The van der Waals surface area contributed by atoms with E-state index in [0.29, 0.717) is 28.6 Å². The molecule has 0 atom stereocenters. The third-order valence-corrected chi connectivity index (χ3v) is 4.51. The van der Waals surface area contributed by atoms with E-state index in [0.717, 1.165) is 24.2 Å². The molecule has 124 valence electrons. The van der Waals surface area contributed by atoms with Crippen molar-refractivity contribution < 1.29 is 9.59 Å². The highest BCUT2D eigenvalue weighted by molar-refractivity contribution is 6.35. The highest BCUT2D eigenvalue weighted by Crippen LogP contribution is 2.22. The first kappa shape index (κ1) is 16.8. The second-order valence-electron chi connectivity index (χ2n) is 5.62. The van der Waals surface area contributed by atoms with Gasteiger partial charge in [-0.2, -0.15) is 0 Å². The lowest BCUT2D eigenvalue weighted by atomic mass is 10.1. The first-order valence-electron chi connectivity index (χ1n) is 7.67. The number of hydrogen-bond acceptors (Lipinski definition) is 2. The maximum absolute atomic E-state index is 12.2. The highest BCUT2D eigenvalue weighted by atomic mass is 35.5. The third kappa shape index (κ3) is 3.71. The fourth-order valence-corrected chi connectivity index (χ4v) is 3.04. The summed E-state index contributed by atoms with van der Waals surface area (Å²) < 4.78 is 0. The summed E-state index contributed by atoms with van der Waals surface area (Å²) >= 11 is 11.9. The Balaban J connectivity index is 1.63. The fraction of sp³-hybridized carbons (Fsp3) is 0.222. The largest absolute Gasteiger partial charge is 0.348 e. The highest BCUT2D eigenvalue weighted by Gasteiger charge is 2.21. The molecule has 1 N–H and O–H groups in total. The van der Waals surface area contributed by atoms with Crippen molar-refractivity contribution in [3.8, 4) is 0 Å². The first-order valence-corrected chi connectivity index (χ1v) is 8.43. The molecule has 1 fully saturated rings. The van der Waals surface area contributed by atoms with Crippen LogP contribution in [0.4, 0.5) is 5.69 Å². The van der Waals surface area contributed by atoms with Crippen LogP contribution < -0.4 is 10.2 Å². The van der Waals surface area contributed by atoms with Gasteiger partial charge in [0.2, 0.25) is 5.91 Å². The van der Waals surface area contributed by atoms with Crippen molar-refractivity contribution in [1.82, 2.24) is 5.32 Å². The third-order valence-electron chi connectivity index (χ3n) is 3.95. The molecule has 24 heavy (non-hydrogen) atoms. The molecule has 0 aromatic heterocycles. The molecule has 1 saturated heterocycles. The number of anilines is 1. The van der Waals surface area contributed by atoms with E-state index in [4.69, 9.17) is 23.2 Å². The van der Waals surface area contributed by atoms with Crippen molar-refractivity contribution in [2.45, 2.75) is 19.4 Å². The predicted molar refractivity (Wildman–Crippen MR) is 95.7 cm³/mol. The molecule has 0 unspecified atom stereocenters. The van der Waals surface area contributed by atoms with E-state index in [9.17, 15) is 9.59 Å². The SMILES string of the molecule is O=C(NCc1ccc(N2CCCC2=O)cc1)c1cc(Cl)ccc1Cl. The van der Waals surface area contributed by atoms with Crippen LogP contribution in [-0.2, 0) is 11.3 Å². The van der Waals surface area contributed by atoms with Gasteiger partial charge >= 0.3 is 0 Å². The van der Waals surface area contributed by atoms with Crippen LogP contribution in [0.25, 0.3) is 0 Å². The number of nitrogens with zero attached hydrogens (tertiary/aromatic N) is 1. The van der Waals surface area contributed by atoms with E-state index < -0.39 is 0 Å². The first-order chi connectivity index (χ1) is 11.5. The van der Waals surface area contributed by atoms with Crippen molar-refractivity contribution in [1.29, 1.82) is 0 Å². The van der Waals surface area contributed by atoms with Gasteiger partial charge in [0.1, 0.15) is 0 Å².